The van der Waals surface area contributed by atoms with Crippen molar-refractivity contribution in [2.24, 2.45) is 0 Å². The van der Waals surface area contributed by atoms with Crippen LogP contribution < -0.4 is 11.1 Å². The molecule has 1 heterocycles. The zero-order valence-electron chi connectivity index (χ0n) is 9.27. The van der Waals surface area contributed by atoms with Crippen molar-refractivity contribution in [3.63, 3.8) is 0 Å². The zero-order chi connectivity index (χ0) is 12.3. The Labute approximate surface area is 109 Å². The van der Waals surface area contributed by atoms with Gasteiger partial charge in [-0.15, -0.1) is 11.8 Å². The van der Waals surface area contributed by atoms with Gasteiger partial charge in [0.15, 0.2) is 0 Å². The number of hydrogen-bond acceptors (Lipinski definition) is 4. The SMILES string of the molecule is CSc1ccc(Nc2ncc(N)cc2Cl)cc1. The first-order valence-corrected chi connectivity index (χ1v) is 6.61. The minimum absolute atomic E-state index is 0.513. The number of nitrogen functional groups attached to an aromatic ring is 1. The molecular formula is C12H12ClN3S. The summed E-state index contributed by atoms with van der Waals surface area (Å²) in [6.45, 7) is 0. The van der Waals surface area contributed by atoms with Gasteiger partial charge in [0.1, 0.15) is 5.82 Å². The summed E-state index contributed by atoms with van der Waals surface area (Å²) in [6, 6.07) is 9.73. The number of nitrogens with zero attached hydrogens (tertiary/aromatic N) is 1. The van der Waals surface area contributed by atoms with Crippen LogP contribution in [0.4, 0.5) is 17.2 Å². The summed E-state index contributed by atoms with van der Waals surface area (Å²) in [7, 11) is 0. The molecule has 1 aromatic heterocycles. The van der Waals surface area contributed by atoms with Crippen molar-refractivity contribution < 1.29 is 0 Å². The lowest BCUT2D eigenvalue weighted by Crippen LogP contribution is -1.96. The standard InChI is InChI=1S/C12H12ClN3S/c1-17-10-4-2-9(3-5-10)16-12-11(13)6-8(14)7-15-12/h2-7H,14H2,1H3,(H,15,16). The Morgan fingerprint density at radius 3 is 2.59 bits per heavy atom. The number of anilines is 3. The lowest BCUT2D eigenvalue weighted by molar-refractivity contribution is 1.31. The van der Waals surface area contributed by atoms with Gasteiger partial charge in [0.2, 0.25) is 0 Å². The fourth-order valence-electron chi connectivity index (χ4n) is 1.36. The van der Waals surface area contributed by atoms with Crippen LogP contribution in [-0.2, 0) is 0 Å². The van der Waals surface area contributed by atoms with Crippen LogP contribution >= 0.6 is 23.4 Å². The summed E-state index contributed by atoms with van der Waals surface area (Å²) >= 11 is 7.73. The topological polar surface area (TPSA) is 50.9 Å². The number of nitrogens with two attached hydrogens (primary N) is 1. The summed E-state index contributed by atoms with van der Waals surface area (Å²) < 4.78 is 0. The predicted molar refractivity (Wildman–Crippen MR) is 75.2 cm³/mol. The second kappa shape index (κ2) is 5.29. The summed E-state index contributed by atoms with van der Waals surface area (Å²) in [5.74, 6) is 0.609. The number of halogens is 1. The zero-order valence-corrected chi connectivity index (χ0v) is 10.8. The molecule has 0 aliphatic rings. The molecule has 0 spiro atoms. The average Bonchev–Trinajstić information content (AvgIpc) is 2.34. The summed E-state index contributed by atoms with van der Waals surface area (Å²) in [4.78, 5) is 5.36. The number of pyridine rings is 1. The number of rotatable bonds is 3. The molecule has 0 aliphatic heterocycles. The molecule has 0 bridgehead atoms. The molecular weight excluding hydrogens is 254 g/mol. The van der Waals surface area contributed by atoms with Crippen LogP contribution in [0.3, 0.4) is 0 Å². The van der Waals surface area contributed by atoms with Gasteiger partial charge in [0.05, 0.1) is 16.9 Å². The van der Waals surface area contributed by atoms with Gasteiger partial charge in [-0.1, -0.05) is 11.6 Å². The van der Waals surface area contributed by atoms with Crippen LogP contribution in [0.5, 0.6) is 0 Å². The van der Waals surface area contributed by atoms with Gasteiger partial charge in [-0.25, -0.2) is 4.98 Å². The summed E-state index contributed by atoms with van der Waals surface area (Å²) in [5, 5.41) is 3.66. The minimum Gasteiger partial charge on any atom is -0.397 e. The largest absolute Gasteiger partial charge is 0.397 e. The maximum atomic E-state index is 6.03. The first-order valence-electron chi connectivity index (χ1n) is 5.01. The van der Waals surface area contributed by atoms with Crippen LogP contribution in [0.15, 0.2) is 41.4 Å². The molecule has 3 N–H and O–H groups in total. The second-order valence-electron chi connectivity index (χ2n) is 3.45. The summed E-state index contributed by atoms with van der Waals surface area (Å²) in [5.41, 5.74) is 7.08. The number of aromatic nitrogens is 1. The van der Waals surface area contributed by atoms with E-state index < -0.39 is 0 Å². The van der Waals surface area contributed by atoms with E-state index in [1.54, 1.807) is 24.0 Å². The maximum absolute atomic E-state index is 6.03. The Kier molecular flexibility index (Phi) is 3.76. The van der Waals surface area contributed by atoms with Crippen molar-refractivity contribution in [1.29, 1.82) is 0 Å². The molecule has 0 atom stereocenters. The molecule has 3 nitrogen and oxygen atoms in total. The van der Waals surface area contributed by atoms with Gasteiger partial charge >= 0.3 is 0 Å². The number of benzene rings is 1. The highest BCUT2D eigenvalue weighted by Crippen LogP contribution is 2.25. The third kappa shape index (κ3) is 3.05. The van der Waals surface area contributed by atoms with E-state index >= 15 is 0 Å². The highest BCUT2D eigenvalue weighted by Gasteiger charge is 2.02. The van der Waals surface area contributed by atoms with Crippen LogP contribution in [-0.4, -0.2) is 11.2 Å². The van der Waals surface area contributed by atoms with Crippen molar-refractivity contribution in [1.82, 2.24) is 4.98 Å². The van der Waals surface area contributed by atoms with Gasteiger partial charge in [-0.2, -0.15) is 0 Å². The van der Waals surface area contributed by atoms with E-state index in [9.17, 15) is 0 Å². The number of thioether (sulfide) groups is 1. The van der Waals surface area contributed by atoms with Crippen molar-refractivity contribution in [3.8, 4) is 0 Å². The first kappa shape index (κ1) is 12.1. The monoisotopic (exact) mass is 265 g/mol. The Balaban J connectivity index is 2.19. The fraction of sp³-hybridized carbons (Fsp3) is 0.0833. The molecule has 1 aromatic carbocycles. The van der Waals surface area contributed by atoms with Gasteiger partial charge in [0.25, 0.3) is 0 Å². The molecule has 0 unspecified atom stereocenters. The van der Waals surface area contributed by atoms with Gasteiger partial charge in [-0.05, 0) is 36.6 Å². The molecule has 0 saturated carbocycles. The van der Waals surface area contributed by atoms with E-state index in [-0.39, 0.29) is 0 Å². The van der Waals surface area contributed by atoms with E-state index in [4.69, 9.17) is 17.3 Å². The lowest BCUT2D eigenvalue weighted by Gasteiger charge is -2.08. The van der Waals surface area contributed by atoms with E-state index in [1.807, 2.05) is 30.5 Å². The van der Waals surface area contributed by atoms with Crippen LogP contribution in [0.1, 0.15) is 0 Å². The smallest absolute Gasteiger partial charge is 0.149 e. The fourth-order valence-corrected chi connectivity index (χ4v) is 1.99. The van der Waals surface area contributed by atoms with E-state index in [2.05, 4.69) is 10.3 Å². The predicted octanol–water partition coefficient (Wildman–Crippen LogP) is 3.78. The van der Waals surface area contributed by atoms with E-state index in [1.165, 1.54) is 4.90 Å². The van der Waals surface area contributed by atoms with Crippen molar-refractivity contribution >= 4 is 40.6 Å². The third-order valence-electron chi connectivity index (χ3n) is 2.22. The number of hydrogen-bond donors (Lipinski definition) is 2. The molecule has 2 rings (SSSR count). The highest BCUT2D eigenvalue weighted by atomic mass is 35.5. The van der Waals surface area contributed by atoms with Crippen LogP contribution in [0.25, 0.3) is 0 Å². The normalized spacial score (nSPS) is 10.2. The third-order valence-corrected chi connectivity index (χ3v) is 3.25. The van der Waals surface area contributed by atoms with Crippen molar-refractivity contribution in [2.75, 3.05) is 17.3 Å². The highest BCUT2D eigenvalue weighted by molar-refractivity contribution is 7.98. The molecule has 0 amide bonds. The van der Waals surface area contributed by atoms with Gasteiger partial charge < -0.3 is 11.1 Å². The van der Waals surface area contributed by atoms with E-state index in [0.717, 1.165) is 5.69 Å². The minimum atomic E-state index is 0.513. The summed E-state index contributed by atoms with van der Waals surface area (Å²) in [6.07, 6.45) is 3.62. The first-order chi connectivity index (χ1) is 8.19. The lowest BCUT2D eigenvalue weighted by atomic mass is 10.3. The Hall–Kier alpha value is -1.39. The van der Waals surface area contributed by atoms with Crippen molar-refractivity contribution in [2.45, 2.75) is 4.90 Å². The Morgan fingerprint density at radius 2 is 2.00 bits per heavy atom. The maximum Gasteiger partial charge on any atom is 0.149 e. The molecule has 2 aromatic rings. The molecule has 0 aliphatic carbocycles. The molecule has 0 radical (unpaired) electrons. The van der Waals surface area contributed by atoms with Crippen LogP contribution in [0, 0.1) is 0 Å². The van der Waals surface area contributed by atoms with Crippen LogP contribution in [0.2, 0.25) is 5.02 Å². The molecule has 0 saturated heterocycles. The number of nitrogens with one attached hydrogen (secondary N) is 1. The Morgan fingerprint density at radius 1 is 1.29 bits per heavy atom. The molecule has 5 heteroatoms. The second-order valence-corrected chi connectivity index (χ2v) is 4.74. The van der Waals surface area contributed by atoms with Gasteiger partial charge in [0, 0.05) is 10.6 Å². The average molecular weight is 266 g/mol. The van der Waals surface area contributed by atoms with Crippen molar-refractivity contribution in [3.05, 3.63) is 41.6 Å². The Bertz CT molecular complexity index is 514. The molecule has 0 fully saturated rings. The quantitative estimate of drug-likeness (QED) is 0.829. The van der Waals surface area contributed by atoms with Gasteiger partial charge in [-0.3, -0.25) is 0 Å². The van der Waals surface area contributed by atoms with E-state index in [0.29, 0.717) is 16.5 Å². The molecule has 88 valence electrons. The molecule has 17 heavy (non-hydrogen) atoms.